The molecule has 104 valence electrons. The van der Waals surface area contributed by atoms with E-state index < -0.39 is 0 Å². The van der Waals surface area contributed by atoms with Crippen molar-refractivity contribution in [3.63, 3.8) is 0 Å². The van der Waals surface area contributed by atoms with Crippen LogP contribution in [0.2, 0.25) is 5.02 Å². The van der Waals surface area contributed by atoms with Crippen LogP contribution < -0.4 is 5.32 Å². The van der Waals surface area contributed by atoms with Crippen molar-refractivity contribution in [2.45, 2.75) is 51.0 Å². The Morgan fingerprint density at radius 3 is 2.58 bits per heavy atom. The lowest BCUT2D eigenvalue weighted by molar-refractivity contribution is 0.0532. The quantitative estimate of drug-likeness (QED) is 0.868. The Morgan fingerprint density at radius 1 is 1.32 bits per heavy atom. The zero-order valence-electron chi connectivity index (χ0n) is 11.6. The van der Waals surface area contributed by atoms with Gasteiger partial charge in [-0.1, -0.05) is 37.6 Å². The third-order valence-corrected chi connectivity index (χ3v) is 4.76. The third-order valence-electron chi connectivity index (χ3n) is 4.46. The van der Waals surface area contributed by atoms with Gasteiger partial charge >= 0.3 is 0 Å². The van der Waals surface area contributed by atoms with Crippen LogP contribution in [0.3, 0.4) is 0 Å². The summed E-state index contributed by atoms with van der Waals surface area (Å²) in [5.74, 6) is -0.225. The molecule has 1 nitrogen and oxygen atoms in total. The van der Waals surface area contributed by atoms with Crippen LogP contribution in [0, 0.1) is 11.2 Å². The van der Waals surface area contributed by atoms with E-state index in [1.54, 1.807) is 6.07 Å². The normalized spacial score (nSPS) is 24.0. The van der Waals surface area contributed by atoms with Crippen LogP contribution in [0.1, 0.15) is 45.1 Å². The molecular weight excluding hydrogens is 261 g/mol. The van der Waals surface area contributed by atoms with E-state index in [1.807, 2.05) is 12.1 Å². The second-order valence-corrected chi connectivity index (χ2v) is 7.46. The molecule has 0 aromatic heterocycles. The maximum Gasteiger partial charge on any atom is 0.145 e. The van der Waals surface area contributed by atoms with Gasteiger partial charge < -0.3 is 5.32 Å². The molecule has 0 amide bonds. The molecule has 2 fully saturated rings. The Hall–Kier alpha value is -0.600. The predicted octanol–water partition coefficient (Wildman–Crippen LogP) is 4.29. The van der Waals surface area contributed by atoms with Crippen molar-refractivity contribution in [1.29, 1.82) is 0 Å². The molecule has 0 radical (unpaired) electrons. The van der Waals surface area contributed by atoms with Gasteiger partial charge in [0.15, 0.2) is 0 Å². The van der Waals surface area contributed by atoms with Crippen molar-refractivity contribution >= 4 is 11.6 Å². The Labute approximate surface area is 119 Å². The summed E-state index contributed by atoms with van der Waals surface area (Å²) in [6.07, 6.45) is 4.57. The molecule has 1 aromatic carbocycles. The van der Waals surface area contributed by atoms with Crippen LogP contribution in [0.25, 0.3) is 0 Å². The van der Waals surface area contributed by atoms with Crippen molar-refractivity contribution in [3.8, 4) is 0 Å². The van der Waals surface area contributed by atoms with Crippen molar-refractivity contribution in [3.05, 3.63) is 34.6 Å². The third kappa shape index (κ3) is 2.53. The zero-order valence-corrected chi connectivity index (χ0v) is 12.4. The molecule has 0 saturated heterocycles. The maximum atomic E-state index is 14.4. The van der Waals surface area contributed by atoms with Gasteiger partial charge in [0.1, 0.15) is 5.82 Å². The number of hydrogen-bond acceptors (Lipinski definition) is 1. The first-order valence-corrected chi connectivity index (χ1v) is 7.48. The van der Waals surface area contributed by atoms with E-state index in [-0.39, 0.29) is 16.3 Å². The lowest BCUT2D eigenvalue weighted by Gasteiger charge is -2.54. The number of benzene rings is 1. The van der Waals surface area contributed by atoms with Gasteiger partial charge in [0.2, 0.25) is 0 Å². The summed E-state index contributed by atoms with van der Waals surface area (Å²) in [7, 11) is 0. The minimum Gasteiger partial charge on any atom is -0.313 e. The molecule has 19 heavy (non-hydrogen) atoms. The predicted molar refractivity (Wildman–Crippen MR) is 77.1 cm³/mol. The SMILES string of the molecule is CC1(C)CC(CNC2CC2)(c2cccc(Cl)c2F)C1. The molecule has 2 saturated carbocycles. The summed E-state index contributed by atoms with van der Waals surface area (Å²) >= 11 is 5.95. The molecule has 3 rings (SSSR count). The van der Waals surface area contributed by atoms with Crippen LogP contribution in [0.4, 0.5) is 4.39 Å². The highest BCUT2D eigenvalue weighted by Crippen LogP contribution is 2.56. The first-order valence-electron chi connectivity index (χ1n) is 7.10. The van der Waals surface area contributed by atoms with E-state index in [4.69, 9.17) is 11.6 Å². The van der Waals surface area contributed by atoms with E-state index in [9.17, 15) is 4.39 Å². The average Bonchev–Trinajstić information content (AvgIpc) is 3.11. The Morgan fingerprint density at radius 2 is 2.00 bits per heavy atom. The van der Waals surface area contributed by atoms with E-state index in [0.29, 0.717) is 11.5 Å². The fourth-order valence-electron chi connectivity index (χ4n) is 3.73. The topological polar surface area (TPSA) is 12.0 Å². The molecular formula is C16H21ClFN. The molecule has 0 unspecified atom stereocenters. The minimum absolute atomic E-state index is 0.0684. The second kappa shape index (κ2) is 4.46. The molecule has 2 aliphatic carbocycles. The summed E-state index contributed by atoms with van der Waals surface area (Å²) in [6.45, 7) is 5.38. The van der Waals surface area contributed by atoms with Crippen LogP contribution in [0.5, 0.6) is 0 Å². The van der Waals surface area contributed by atoms with Crippen molar-refractivity contribution in [1.82, 2.24) is 5.32 Å². The van der Waals surface area contributed by atoms with Crippen LogP contribution in [0.15, 0.2) is 18.2 Å². The molecule has 0 atom stereocenters. The molecule has 1 N–H and O–H groups in total. The minimum atomic E-state index is -0.225. The number of rotatable bonds is 4. The van der Waals surface area contributed by atoms with Crippen LogP contribution in [-0.2, 0) is 5.41 Å². The number of halogens is 2. The van der Waals surface area contributed by atoms with Gasteiger partial charge in [-0.25, -0.2) is 4.39 Å². The summed E-state index contributed by atoms with van der Waals surface area (Å²) in [6, 6.07) is 6.06. The lowest BCUT2D eigenvalue weighted by Crippen LogP contribution is -2.53. The lowest BCUT2D eigenvalue weighted by atomic mass is 9.51. The molecule has 1 aromatic rings. The second-order valence-electron chi connectivity index (χ2n) is 7.05. The summed E-state index contributed by atoms with van der Waals surface area (Å²) < 4.78 is 14.4. The van der Waals surface area contributed by atoms with Crippen LogP contribution in [-0.4, -0.2) is 12.6 Å². The van der Waals surface area contributed by atoms with Gasteiger partial charge in [-0.3, -0.25) is 0 Å². The Kier molecular flexibility index (Phi) is 3.14. The maximum absolute atomic E-state index is 14.4. The van der Waals surface area contributed by atoms with Crippen molar-refractivity contribution < 1.29 is 4.39 Å². The highest BCUT2D eigenvalue weighted by atomic mass is 35.5. The standard InChI is InChI=1S/C16H21ClFN/c1-15(2)8-16(9-15,10-19-11-6-7-11)12-4-3-5-13(17)14(12)18/h3-5,11,19H,6-10H2,1-2H3. The van der Waals surface area contributed by atoms with Crippen molar-refractivity contribution in [2.24, 2.45) is 5.41 Å². The number of hydrogen-bond donors (Lipinski definition) is 1. The highest BCUT2D eigenvalue weighted by molar-refractivity contribution is 6.30. The van der Waals surface area contributed by atoms with Gasteiger partial charge in [-0.05, 0) is 42.7 Å². The van der Waals surface area contributed by atoms with E-state index in [0.717, 1.165) is 24.9 Å². The van der Waals surface area contributed by atoms with Gasteiger partial charge in [-0.15, -0.1) is 0 Å². The largest absolute Gasteiger partial charge is 0.313 e. The summed E-state index contributed by atoms with van der Waals surface area (Å²) in [5, 5.41) is 3.82. The van der Waals surface area contributed by atoms with E-state index >= 15 is 0 Å². The summed E-state index contributed by atoms with van der Waals surface area (Å²) in [5.41, 5.74) is 1.04. The summed E-state index contributed by atoms with van der Waals surface area (Å²) in [4.78, 5) is 0. The van der Waals surface area contributed by atoms with Crippen LogP contribution >= 0.6 is 11.6 Å². The Bertz CT molecular complexity index is 486. The molecule has 0 bridgehead atoms. The van der Waals surface area contributed by atoms with Gasteiger partial charge in [0, 0.05) is 18.0 Å². The molecule has 2 aliphatic rings. The van der Waals surface area contributed by atoms with Gasteiger partial charge in [-0.2, -0.15) is 0 Å². The zero-order chi connectivity index (χ0) is 13.7. The molecule has 0 aliphatic heterocycles. The number of nitrogens with one attached hydrogen (secondary N) is 1. The fourth-order valence-corrected chi connectivity index (χ4v) is 3.91. The average molecular weight is 282 g/mol. The van der Waals surface area contributed by atoms with Gasteiger partial charge in [0.05, 0.1) is 5.02 Å². The molecule has 0 spiro atoms. The Balaban J connectivity index is 1.88. The first kappa shape index (κ1) is 13.4. The highest BCUT2D eigenvalue weighted by Gasteiger charge is 2.51. The monoisotopic (exact) mass is 281 g/mol. The van der Waals surface area contributed by atoms with Gasteiger partial charge in [0.25, 0.3) is 0 Å². The smallest absolute Gasteiger partial charge is 0.145 e. The van der Waals surface area contributed by atoms with E-state index in [2.05, 4.69) is 19.2 Å². The molecule has 0 heterocycles. The van der Waals surface area contributed by atoms with E-state index in [1.165, 1.54) is 12.8 Å². The van der Waals surface area contributed by atoms with Crippen molar-refractivity contribution in [2.75, 3.05) is 6.54 Å². The first-order chi connectivity index (χ1) is 8.92. The fraction of sp³-hybridized carbons (Fsp3) is 0.625. The molecule has 3 heteroatoms.